The van der Waals surface area contributed by atoms with Crippen LogP contribution in [0.4, 0.5) is 10.7 Å². The Balaban J connectivity index is 1.64. The zero-order chi connectivity index (χ0) is 21.1. The summed E-state index contributed by atoms with van der Waals surface area (Å²) >= 11 is 7.64. The third-order valence-corrected chi connectivity index (χ3v) is 6.39. The Labute approximate surface area is 184 Å². The maximum atomic E-state index is 13.1. The van der Waals surface area contributed by atoms with Gasteiger partial charge < -0.3 is 14.8 Å². The molecule has 0 saturated heterocycles. The molecule has 1 heterocycles. The lowest BCUT2D eigenvalue weighted by Gasteiger charge is -2.08. The zero-order valence-electron chi connectivity index (χ0n) is 16.7. The van der Waals surface area contributed by atoms with Gasteiger partial charge in [0.2, 0.25) is 0 Å². The minimum Gasteiger partial charge on any atom is -0.493 e. The van der Waals surface area contributed by atoms with Gasteiger partial charge in [0.05, 0.1) is 19.8 Å². The molecule has 2 aromatic carbocycles. The van der Waals surface area contributed by atoms with Crippen molar-refractivity contribution in [2.75, 3.05) is 19.5 Å². The van der Waals surface area contributed by atoms with Gasteiger partial charge in [0, 0.05) is 21.8 Å². The van der Waals surface area contributed by atoms with E-state index in [4.69, 9.17) is 21.1 Å². The molecule has 0 aliphatic heterocycles. The van der Waals surface area contributed by atoms with Gasteiger partial charge in [0.25, 0.3) is 5.91 Å². The second kappa shape index (κ2) is 8.90. The van der Waals surface area contributed by atoms with E-state index in [1.807, 2.05) is 30.3 Å². The molecule has 1 N–H and O–H groups in total. The molecular weight excluding hydrogens is 420 g/mol. The van der Waals surface area contributed by atoms with Crippen molar-refractivity contribution in [3.8, 4) is 11.5 Å². The summed E-state index contributed by atoms with van der Waals surface area (Å²) in [6.07, 6.45) is 4.71. The molecule has 5 nitrogen and oxygen atoms in total. The standard InChI is InChI=1S/C23H21ClN2O3S/c1-28-18-10-9-14(11-19(18)29-2)13-25-23-21(17-7-4-8-20(17)30-23)22(27)26-16-6-3-5-15(24)12-16/h3,5-6,9-13H,4,7-8H2,1-2H3,(H,26,27). The predicted octanol–water partition coefficient (Wildman–Crippen LogP) is 5.91. The number of halogens is 1. The molecule has 3 aromatic rings. The molecular formula is C23H21ClN2O3S. The van der Waals surface area contributed by atoms with E-state index >= 15 is 0 Å². The minimum absolute atomic E-state index is 0.156. The van der Waals surface area contributed by atoms with E-state index in [-0.39, 0.29) is 5.91 Å². The molecule has 1 aliphatic rings. The number of hydrogen-bond acceptors (Lipinski definition) is 5. The Morgan fingerprint density at radius 2 is 1.97 bits per heavy atom. The van der Waals surface area contributed by atoms with Crippen LogP contribution in [0.1, 0.15) is 32.8 Å². The van der Waals surface area contributed by atoms with Gasteiger partial charge in [-0.15, -0.1) is 11.3 Å². The highest BCUT2D eigenvalue weighted by Gasteiger charge is 2.26. The molecule has 0 unspecified atom stereocenters. The van der Waals surface area contributed by atoms with Gasteiger partial charge in [-0.2, -0.15) is 0 Å². The lowest BCUT2D eigenvalue weighted by Crippen LogP contribution is -2.13. The highest BCUT2D eigenvalue weighted by atomic mass is 35.5. The van der Waals surface area contributed by atoms with Gasteiger partial charge in [-0.1, -0.05) is 17.7 Å². The number of carbonyl (C=O) groups is 1. The SMILES string of the molecule is COc1ccc(C=Nc2sc3c(c2C(=O)Nc2cccc(Cl)c2)CCC3)cc1OC. The summed E-state index contributed by atoms with van der Waals surface area (Å²) in [6.45, 7) is 0. The number of ether oxygens (including phenoxy) is 2. The summed E-state index contributed by atoms with van der Waals surface area (Å²) < 4.78 is 10.6. The number of amides is 1. The van der Waals surface area contributed by atoms with Gasteiger partial charge >= 0.3 is 0 Å². The first-order chi connectivity index (χ1) is 14.6. The van der Waals surface area contributed by atoms with Crippen molar-refractivity contribution in [3.05, 3.63) is 69.1 Å². The number of rotatable bonds is 6. The molecule has 1 aliphatic carbocycles. The van der Waals surface area contributed by atoms with E-state index in [0.717, 1.165) is 30.4 Å². The number of nitrogens with one attached hydrogen (secondary N) is 1. The maximum Gasteiger partial charge on any atom is 0.259 e. The number of fused-ring (bicyclic) bond motifs is 1. The molecule has 0 fully saturated rings. The molecule has 7 heteroatoms. The molecule has 0 saturated carbocycles. The summed E-state index contributed by atoms with van der Waals surface area (Å²) in [6, 6.07) is 12.7. The van der Waals surface area contributed by atoms with Gasteiger partial charge in [-0.25, -0.2) is 4.99 Å². The number of thiophene rings is 1. The summed E-state index contributed by atoms with van der Waals surface area (Å²) in [5.41, 5.74) is 3.30. The van der Waals surface area contributed by atoms with Crippen LogP contribution in [0.2, 0.25) is 5.02 Å². The Morgan fingerprint density at radius 1 is 1.13 bits per heavy atom. The normalized spacial score (nSPS) is 12.8. The number of carbonyl (C=O) groups excluding carboxylic acids is 1. The first kappa shape index (κ1) is 20.4. The Hall–Kier alpha value is -2.83. The fraction of sp³-hybridized carbons (Fsp3) is 0.217. The molecule has 0 bridgehead atoms. The van der Waals surface area contributed by atoms with E-state index in [2.05, 4.69) is 10.3 Å². The van der Waals surface area contributed by atoms with Crippen molar-refractivity contribution in [1.82, 2.24) is 0 Å². The predicted molar refractivity (Wildman–Crippen MR) is 123 cm³/mol. The molecule has 0 spiro atoms. The number of hydrogen-bond donors (Lipinski definition) is 1. The van der Waals surface area contributed by atoms with Crippen LogP contribution in [0.5, 0.6) is 11.5 Å². The van der Waals surface area contributed by atoms with Crippen molar-refractivity contribution in [2.45, 2.75) is 19.3 Å². The second-order valence-corrected chi connectivity index (χ2v) is 8.39. The highest BCUT2D eigenvalue weighted by molar-refractivity contribution is 7.16. The average molecular weight is 441 g/mol. The summed E-state index contributed by atoms with van der Waals surface area (Å²) in [7, 11) is 3.20. The van der Waals surface area contributed by atoms with Crippen molar-refractivity contribution >= 4 is 45.7 Å². The average Bonchev–Trinajstić information content (AvgIpc) is 3.32. The van der Waals surface area contributed by atoms with Gasteiger partial charge in [-0.3, -0.25) is 4.79 Å². The first-order valence-corrected chi connectivity index (χ1v) is 10.8. The quantitative estimate of drug-likeness (QED) is 0.484. The van der Waals surface area contributed by atoms with Crippen LogP contribution in [-0.4, -0.2) is 26.3 Å². The van der Waals surface area contributed by atoms with Gasteiger partial charge in [0.1, 0.15) is 5.00 Å². The van der Waals surface area contributed by atoms with Crippen LogP contribution >= 0.6 is 22.9 Å². The van der Waals surface area contributed by atoms with Crippen LogP contribution < -0.4 is 14.8 Å². The van der Waals surface area contributed by atoms with Crippen LogP contribution in [-0.2, 0) is 12.8 Å². The van der Waals surface area contributed by atoms with Crippen molar-refractivity contribution < 1.29 is 14.3 Å². The number of aryl methyl sites for hydroxylation is 1. The molecule has 0 atom stereocenters. The fourth-order valence-corrected chi connectivity index (χ4v) is 4.96. The maximum absolute atomic E-state index is 13.1. The van der Waals surface area contributed by atoms with Gasteiger partial charge in [0.15, 0.2) is 11.5 Å². The molecule has 0 radical (unpaired) electrons. The lowest BCUT2D eigenvalue weighted by atomic mass is 10.1. The monoisotopic (exact) mass is 440 g/mol. The smallest absolute Gasteiger partial charge is 0.259 e. The Bertz CT molecular complexity index is 1120. The number of nitrogens with zero attached hydrogens (tertiary/aromatic N) is 1. The topological polar surface area (TPSA) is 59.9 Å². The molecule has 1 aromatic heterocycles. The number of anilines is 1. The van der Waals surface area contributed by atoms with E-state index in [9.17, 15) is 4.79 Å². The van der Waals surface area contributed by atoms with Crippen LogP contribution in [0.3, 0.4) is 0 Å². The summed E-state index contributed by atoms with van der Waals surface area (Å²) in [5, 5.41) is 4.26. The Kier molecular flexibility index (Phi) is 6.06. The number of aliphatic imine (C=N–C) groups is 1. The summed E-state index contributed by atoms with van der Waals surface area (Å²) in [5.74, 6) is 1.14. The van der Waals surface area contributed by atoms with E-state index in [1.165, 1.54) is 4.88 Å². The van der Waals surface area contributed by atoms with Gasteiger partial charge in [-0.05, 0) is 66.8 Å². The van der Waals surface area contributed by atoms with E-state index < -0.39 is 0 Å². The molecule has 4 rings (SSSR count). The van der Waals surface area contributed by atoms with Crippen LogP contribution in [0.25, 0.3) is 0 Å². The third kappa shape index (κ3) is 4.20. The first-order valence-electron chi connectivity index (χ1n) is 9.56. The highest BCUT2D eigenvalue weighted by Crippen LogP contribution is 2.41. The molecule has 154 valence electrons. The largest absolute Gasteiger partial charge is 0.493 e. The van der Waals surface area contributed by atoms with E-state index in [0.29, 0.717) is 32.8 Å². The Morgan fingerprint density at radius 3 is 2.73 bits per heavy atom. The van der Waals surface area contributed by atoms with Crippen LogP contribution in [0, 0.1) is 0 Å². The minimum atomic E-state index is -0.156. The molecule has 1 amide bonds. The van der Waals surface area contributed by atoms with E-state index in [1.54, 1.807) is 43.9 Å². The molecule has 30 heavy (non-hydrogen) atoms. The zero-order valence-corrected chi connectivity index (χ0v) is 18.3. The third-order valence-electron chi connectivity index (χ3n) is 4.95. The van der Waals surface area contributed by atoms with Crippen molar-refractivity contribution in [1.29, 1.82) is 0 Å². The van der Waals surface area contributed by atoms with Crippen LogP contribution in [0.15, 0.2) is 47.5 Å². The fourth-order valence-electron chi connectivity index (χ4n) is 3.54. The lowest BCUT2D eigenvalue weighted by molar-refractivity contribution is 0.102. The second-order valence-electron chi connectivity index (χ2n) is 6.87. The summed E-state index contributed by atoms with van der Waals surface area (Å²) in [4.78, 5) is 19.0. The van der Waals surface area contributed by atoms with Crippen molar-refractivity contribution in [2.24, 2.45) is 4.99 Å². The number of benzene rings is 2. The van der Waals surface area contributed by atoms with Crippen molar-refractivity contribution in [3.63, 3.8) is 0 Å². The number of methoxy groups -OCH3 is 2.